The lowest BCUT2D eigenvalue weighted by molar-refractivity contribution is -0.177. The molecule has 2 heteroatoms. The number of fused-ring (bicyclic) bond motifs is 6. The summed E-state index contributed by atoms with van der Waals surface area (Å²) in [6.07, 6.45) is 15.3. The molecule has 0 N–H and O–H groups in total. The molecule has 186 valence electrons. The van der Waals surface area contributed by atoms with E-state index in [0.717, 1.165) is 31.1 Å². The summed E-state index contributed by atoms with van der Waals surface area (Å²) in [4.78, 5) is 12.9. The van der Waals surface area contributed by atoms with Gasteiger partial charge in [-0.3, -0.25) is 4.79 Å². The van der Waals surface area contributed by atoms with Gasteiger partial charge in [0.1, 0.15) is 5.78 Å². The normalized spacial score (nSPS) is 50.7. The molecule has 0 amide bonds. The second-order valence-corrected chi connectivity index (χ2v) is 14.9. The zero-order chi connectivity index (χ0) is 24.0. The maximum atomic E-state index is 12.9. The summed E-state index contributed by atoms with van der Waals surface area (Å²) in [6.45, 7) is 17.4. The Labute approximate surface area is 203 Å². The number of rotatable bonds is 1. The Morgan fingerprint density at radius 2 is 1.55 bits per heavy atom. The number of allylic oxidation sites excluding steroid dienone is 2. The average Bonchev–Trinajstić information content (AvgIpc) is 2.88. The van der Waals surface area contributed by atoms with Crippen LogP contribution < -0.4 is 0 Å². The van der Waals surface area contributed by atoms with Crippen molar-refractivity contribution < 1.29 is 9.53 Å². The van der Waals surface area contributed by atoms with Crippen molar-refractivity contribution in [2.24, 2.45) is 50.7 Å². The molecule has 4 saturated carbocycles. The molecule has 0 radical (unpaired) electrons. The van der Waals surface area contributed by atoms with E-state index in [2.05, 4.69) is 54.5 Å². The van der Waals surface area contributed by atoms with E-state index in [4.69, 9.17) is 4.74 Å². The molecule has 4 fully saturated rings. The molecule has 0 aromatic carbocycles. The minimum Gasteiger partial charge on any atom is -0.381 e. The van der Waals surface area contributed by atoms with Crippen molar-refractivity contribution in [1.29, 1.82) is 0 Å². The lowest BCUT2D eigenvalue weighted by atomic mass is 9.42. The summed E-state index contributed by atoms with van der Waals surface area (Å²) >= 11 is 0. The van der Waals surface area contributed by atoms with Gasteiger partial charge in [-0.15, -0.1) is 0 Å². The van der Waals surface area contributed by atoms with E-state index in [0.29, 0.717) is 40.0 Å². The van der Waals surface area contributed by atoms with Crippen molar-refractivity contribution >= 4 is 5.78 Å². The van der Waals surface area contributed by atoms with Crippen molar-refractivity contribution in [3.63, 3.8) is 0 Å². The number of Topliss-reactive ketones (excluding diaryl/α,β-unsaturated/α-hetero) is 1. The average molecular weight is 455 g/mol. The second kappa shape index (κ2) is 7.44. The highest BCUT2D eigenvalue weighted by Crippen LogP contribution is 2.70. The molecule has 0 bridgehead atoms. The van der Waals surface area contributed by atoms with Crippen LogP contribution in [0.5, 0.6) is 0 Å². The van der Waals surface area contributed by atoms with Crippen molar-refractivity contribution in [2.75, 3.05) is 7.11 Å². The molecule has 0 spiro atoms. The van der Waals surface area contributed by atoms with Gasteiger partial charge in [0.25, 0.3) is 0 Å². The molecule has 0 unspecified atom stereocenters. The van der Waals surface area contributed by atoms with Gasteiger partial charge in [-0.2, -0.15) is 0 Å². The van der Waals surface area contributed by atoms with Gasteiger partial charge in [-0.1, -0.05) is 60.1 Å². The van der Waals surface area contributed by atoms with Crippen LogP contribution in [0, 0.1) is 50.7 Å². The van der Waals surface area contributed by atoms with E-state index in [1.165, 1.54) is 44.9 Å². The lowest BCUT2D eigenvalue weighted by Gasteiger charge is -2.64. The van der Waals surface area contributed by atoms with Gasteiger partial charge in [-0.25, -0.2) is 0 Å². The maximum absolute atomic E-state index is 12.9. The number of carbonyl (C=O) groups excluding carboxylic acids is 1. The van der Waals surface area contributed by atoms with Crippen LogP contribution in [-0.4, -0.2) is 19.0 Å². The number of ketones is 1. The van der Waals surface area contributed by atoms with Gasteiger partial charge in [0.15, 0.2) is 0 Å². The van der Waals surface area contributed by atoms with E-state index in [9.17, 15) is 4.79 Å². The van der Waals surface area contributed by atoms with Crippen LogP contribution in [-0.2, 0) is 9.53 Å². The van der Waals surface area contributed by atoms with Crippen LogP contribution in [0.25, 0.3) is 0 Å². The molecule has 0 saturated heterocycles. The summed E-state index contributed by atoms with van der Waals surface area (Å²) in [6, 6.07) is 0. The third kappa shape index (κ3) is 3.17. The Balaban J connectivity index is 1.50. The van der Waals surface area contributed by atoms with Gasteiger partial charge in [0.2, 0.25) is 0 Å². The van der Waals surface area contributed by atoms with Gasteiger partial charge in [-0.05, 0) is 103 Å². The topological polar surface area (TPSA) is 26.3 Å². The molecular formula is C31H50O2. The predicted octanol–water partition coefficient (Wildman–Crippen LogP) is 8.00. The molecule has 0 aromatic rings. The first-order valence-corrected chi connectivity index (χ1v) is 14.1. The fraction of sp³-hybridized carbons (Fsp3) is 0.903. The highest BCUT2D eigenvalue weighted by atomic mass is 16.5. The monoisotopic (exact) mass is 454 g/mol. The van der Waals surface area contributed by atoms with Crippen molar-refractivity contribution in [1.82, 2.24) is 0 Å². The highest BCUT2D eigenvalue weighted by molar-refractivity contribution is 5.85. The molecule has 5 aliphatic carbocycles. The molecule has 0 aliphatic heterocycles. The molecule has 0 aromatic heterocycles. The first-order chi connectivity index (χ1) is 15.3. The molecule has 33 heavy (non-hydrogen) atoms. The molecule has 0 heterocycles. The number of methoxy groups -OCH3 is 1. The Bertz CT molecular complexity index is 851. The third-order valence-corrected chi connectivity index (χ3v) is 12.9. The summed E-state index contributed by atoms with van der Waals surface area (Å²) in [7, 11) is 1.93. The van der Waals surface area contributed by atoms with Crippen molar-refractivity contribution in [3.8, 4) is 0 Å². The highest BCUT2D eigenvalue weighted by Gasteiger charge is 2.63. The fourth-order valence-corrected chi connectivity index (χ4v) is 11.2. The number of hydrogen-bond donors (Lipinski definition) is 0. The molecule has 2 nitrogen and oxygen atoms in total. The number of carbonyl (C=O) groups is 1. The van der Waals surface area contributed by atoms with Gasteiger partial charge in [0, 0.05) is 18.9 Å². The van der Waals surface area contributed by atoms with Crippen molar-refractivity contribution in [3.05, 3.63) is 11.6 Å². The second-order valence-electron chi connectivity index (χ2n) is 14.9. The minimum atomic E-state index is -0.169. The fourth-order valence-electron chi connectivity index (χ4n) is 11.2. The first-order valence-electron chi connectivity index (χ1n) is 14.1. The van der Waals surface area contributed by atoms with Crippen LogP contribution in [0.3, 0.4) is 0 Å². The van der Waals surface area contributed by atoms with Crippen LogP contribution >= 0.6 is 0 Å². The van der Waals surface area contributed by atoms with E-state index >= 15 is 0 Å². The van der Waals surface area contributed by atoms with E-state index in [1.54, 1.807) is 5.57 Å². The van der Waals surface area contributed by atoms with E-state index in [1.807, 2.05) is 7.11 Å². The SMILES string of the molecule is CO[C@H]1CC[C@]2(C)[C@@H](CC[C@@]3(C)CC4=CC[C@@H]5C(C)(C)C(=O)CC[C@]5(C)[C@@H]4CC[C@@H]32)C1(C)C. The molecule has 5 rings (SSSR count). The maximum Gasteiger partial charge on any atom is 0.138 e. The zero-order valence-electron chi connectivity index (χ0n) is 22.9. The number of hydrogen-bond acceptors (Lipinski definition) is 2. The predicted molar refractivity (Wildman–Crippen MR) is 136 cm³/mol. The Hall–Kier alpha value is -0.630. The smallest absolute Gasteiger partial charge is 0.138 e. The zero-order valence-corrected chi connectivity index (χ0v) is 22.9. The van der Waals surface area contributed by atoms with Crippen LogP contribution in [0.4, 0.5) is 0 Å². The van der Waals surface area contributed by atoms with E-state index < -0.39 is 0 Å². The lowest BCUT2D eigenvalue weighted by Crippen LogP contribution is -2.58. The molecular weight excluding hydrogens is 404 g/mol. The van der Waals surface area contributed by atoms with E-state index in [-0.39, 0.29) is 10.8 Å². The van der Waals surface area contributed by atoms with Gasteiger partial charge < -0.3 is 4.74 Å². The Kier molecular flexibility index (Phi) is 5.43. The Morgan fingerprint density at radius 1 is 0.818 bits per heavy atom. The molecule has 5 aliphatic rings. The molecule has 8 atom stereocenters. The largest absolute Gasteiger partial charge is 0.381 e. The summed E-state index contributed by atoms with van der Waals surface area (Å²) in [5.41, 5.74) is 2.99. The summed E-state index contributed by atoms with van der Waals surface area (Å²) in [5, 5.41) is 0. The van der Waals surface area contributed by atoms with Crippen LogP contribution in [0.15, 0.2) is 11.6 Å². The quantitative estimate of drug-likeness (QED) is 0.375. The summed E-state index contributed by atoms with van der Waals surface area (Å²) < 4.78 is 6.03. The Morgan fingerprint density at radius 3 is 2.24 bits per heavy atom. The van der Waals surface area contributed by atoms with Crippen LogP contribution in [0.1, 0.15) is 113 Å². The summed E-state index contributed by atoms with van der Waals surface area (Å²) in [5.74, 6) is 3.24. The van der Waals surface area contributed by atoms with Gasteiger partial charge in [0.05, 0.1) is 6.10 Å². The first kappa shape index (κ1) is 24.1. The third-order valence-electron chi connectivity index (χ3n) is 12.9. The van der Waals surface area contributed by atoms with Gasteiger partial charge >= 0.3 is 0 Å². The number of ether oxygens (including phenoxy) is 1. The minimum absolute atomic E-state index is 0.169. The standard InChI is InChI=1S/C31H50O2/c1-27(2)22-11-9-20-19-29(5)16-13-23-28(3,4)26(33-8)15-18-31(23,7)24(29)12-10-21(20)30(22,6)17-14-25(27)32/h9,21-24,26H,10-19H2,1-8H3/t21-,22-,23+,24+,26+,29+,30-,31-/m1/s1. The van der Waals surface area contributed by atoms with Crippen molar-refractivity contribution in [2.45, 2.75) is 119 Å². The van der Waals surface area contributed by atoms with Crippen LogP contribution in [0.2, 0.25) is 0 Å².